The van der Waals surface area contributed by atoms with Gasteiger partial charge in [0.25, 0.3) is 0 Å². The minimum atomic E-state index is -0.349. The standard InChI is InChI=1S/C19H17N5OS/c1-11-7-3-5-9-14(11)21-18(25)12(2)26-19-22-17-16(23-24-19)13-8-4-6-10-15(13)20-17/h3-10,12H,1-2H3,(H,21,25)(H,20,22,24)/t12-/m0/s1. The Hall–Kier alpha value is -2.93. The molecule has 0 unspecified atom stereocenters. The van der Waals surface area contributed by atoms with E-state index in [0.29, 0.717) is 10.8 Å². The number of nitrogens with one attached hydrogen (secondary N) is 2. The van der Waals surface area contributed by atoms with Crippen LogP contribution in [0.15, 0.2) is 53.7 Å². The second-order valence-electron chi connectivity index (χ2n) is 6.03. The Kier molecular flexibility index (Phi) is 4.30. The van der Waals surface area contributed by atoms with Crippen LogP contribution in [0.4, 0.5) is 5.69 Å². The van der Waals surface area contributed by atoms with Gasteiger partial charge in [-0.3, -0.25) is 4.79 Å². The predicted molar refractivity (Wildman–Crippen MR) is 104 cm³/mol. The summed E-state index contributed by atoms with van der Waals surface area (Å²) < 4.78 is 0. The Morgan fingerprint density at radius 3 is 2.73 bits per heavy atom. The van der Waals surface area contributed by atoms with Crippen LogP contribution < -0.4 is 5.32 Å². The average molecular weight is 363 g/mol. The molecule has 7 heteroatoms. The molecule has 0 saturated carbocycles. The molecule has 0 saturated heterocycles. The number of rotatable bonds is 4. The summed E-state index contributed by atoms with van der Waals surface area (Å²) in [6, 6.07) is 15.6. The number of carbonyl (C=O) groups excluding carboxylic acids is 1. The molecule has 26 heavy (non-hydrogen) atoms. The van der Waals surface area contributed by atoms with E-state index in [4.69, 9.17) is 0 Å². The third kappa shape index (κ3) is 3.13. The van der Waals surface area contributed by atoms with Gasteiger partial charge in [0.2, 0.25) is 11.1 Å². The maximum absolute atomic E-state index is 12.5. The van der Waals surface area contributed by atoms with E-state index in [1.54, 1.807) is 0 Å². The van der Waals surface area contributed by atoms with Gasteiger partial charge in [-0.25, -0.2) is 4.98 Å². The topological polar surface area (TPSA) is 83.6 Å². The molecule has 130 valence electrons. The van der Waals surface area contributed by atoms with E-state index in [1.807, 2.05) is 62.4 Å². The first-order valence-electron chi connectivity index (χ1n) is 8.26. The maximum atomic E-state index is 12.5. The number of aromatic nitrogens is 4. The summed E-state index contributed by atoms with van der Waals surface area (Å²) in [4.78, 5) is 20.2. The van der Waals surface area contributed by atoms with E-state index in [2.05, 4.69) is 25.5 Å². The average Bonchev–Trinajstić information content (AvgIpc) is 3.01. The number of aryl methyl sites for hydroxylation is 1. The fourth-order valence-electron chi connectivity index (χ4n) is 2.71. The van der Waals surface area contributed by atoms with E-state index < -0.39 is 0 Å². The molecule has 1 amide bonds. The molecule has 2 aromatic carbocycles. The van der Waals surface area contributed by atoms with Crippen LogP contribution in [0.25, 0.3) is 22.1 Å². The Morgan fingerprint density at radius 2 is 1.88 bits per heavy atom. The predicted octanol–water partition coefficient (Wildman–Crippen LogP) is 3.93. The number of hydrogen-bond donors (Lipinski definition) is 2. The molecule has 4 aromatic rings. The number of nitrogens with zero attached hydrogens (tertiary/aromatic N) is 3. The van der Waals surface area contributed by atoms with Crippen LogP contribution in [0.2, 0.25) is 0 Å². The zero-order valence-corrected chi connectivity index (χ0v) is 15.2. The van der Waals surface area contributed by atoms with Crippen molar-refractivity contribution in [3.8, 4) is 0 Å². The van der Waals surface area contributed by atoms with Crippen molar-refractivity contribution in [1.29, 1.82) is 0 Å². The number of fused-ring (bicyclic) bond motifs is 3. The second kappa shape index (κ2) is 6.76. The third-order valence-corrected chi connectivity index (χ3v) is 5.11. The highest BCUT2D eigenvalue weighted by Crippen LogP contribution is 2.25. The number of benzene rings is 2. The van der Waals surface area contributed by atoms with Gasteiger partial charge in [0.1, 0.15) is 5.52 Å². The van der Waals surface area contributed by atoms with Gasteiger partial charge < -0.3 is 10.3 Å². The number of amides is 1. The molecule has 0 radical (unpaired) electrons. The smallest absolute Gasteiger partial charge is 0.237 e. The molecule has 0 aliphatic carbocycles. The Labute approximate surface area is 154 Å². The van der Waals surface area contributed by atoms with E-state index in [0.717, 1.165) is 27.7 Å². The minimum Gasteiger partial charge on any atom is -0.338 e. The Morgan fingerprint density at radius 1 is 1.12 bits per heavy atom. The lowest BCUT2D eigenvalue weighted by molar-refractivity contribution is -0.115. The van der Waals surface area contributed by atoms with Crippen molar-refractivity contribution < 1.29 is 4.79 Å². The van der Waals surface area contributed by atoms with Gasteiger partial charge in [0.05, 0.1) is 5.25 Å². The van der Waals surface area contributed by atoms with Gasteiger partial charge in [0.15, 0.2) is 5.65 Å². The Balaban J connectivity index is 1.53. The van der Waals surface area contributed by atoms with Crippen LogP contribution in [0, 0.1) is 6.92 Å². The van der Waals surface area contributed by atoms with Crippen molar-refractivity contribution in [3.63, 3.8) is 0 Å². The van der Waals surface area contributed by atoms with Gasteiger partial charge in [-0.05, 0) is 31.5 Å². The molecule has 0 aliphatic rings. The highest BCUT2D eigenvalue weighted by molar-refractivity contribution is 8.00. The first-order chi connectivity index (χ1) is 12.6. The van der Waals surface area contributed by atoms with Gasteiger partial charge >= 0.3 is 0 Å². The number of hydrogen-bond acceptors (Lipinski definition) is 5. The Bertz CT molecular complexity index is 1110. The third-order valence-electron chi connectivity index (χ3n) is 4.16. The monoisotopic (exact) mass is 363 g/mol. The van der Waals surface area contributed by atoms with Crippen LogP contribution >= 0.6 is 11.8 Å². The SMILES string of the molecule is Cc1ccccc1NC(=O)[C@H](C)Sc1nnc2c(n1)[nH]c1ccccc12. The largest absolute Gasteiger partial charge is 0.338 e. The van der Waals surface area contributed by atoms with Crippen LogP contribution in [-0.2, 0) is 4.79 Å². The summed E-state index contributed by atoms with van der Waals surface area (Å²) in [5.41, 5.74) is 4.22. The van der Waals surface area contributed by atoms with Crippen LogP contribution in [0.3, 0.4) is 0 Å². The molecule has 0 aliphatic heterocycles. The quantitative estimate of drug-likeness (QED) is 0.537. The lowest BCUT2D eigenvalue weighted by Gasteiger charge is -2.12. The van der Waals surface area contributed by atoms with E-state index in [-0.39, 0.29) is 11.2 Å². The first kappa shape index (κ1) is 16.5. The van der Waals surface area contributed by atoms with Crippen molar-refractivity contribution in [2.75, 3.05) is 5.32 Å². The van der Waals surface area contributed by atoms with Crippen molar-refractivity contribution in [1.82, 2.24) is 20.2 Å². The number of carbonyl (C=O) groups is 1. The van der Waals surface area contributed by atoms with E-state index >= 15 is 0 Å². The molecule has 2 N–H and O–H groups in total. The molecule has 0 bridgehead atoms. The maximum Gasteiger partial charge on any atom is 0.237 e. The fourth-order valence-corrected chi connectivity index (χ4v) is 3.43. The zero-order valence-electron chi connectivity index (χ0n) is 14.4. The van der Waals surface area contributed by atoms with Crippen molar-refractivity contribution in [3.05, 3.63) is 54.1 Å². The van der Waals surface area contributed by atoms with Gasteiger partial charge in [-0.2, -0.15) is 0 Å². The van der Waals surface area contributed by atoms with Gasteiger partial charge in [0, 0.05) is 16.6 Å². The summed E-state index contributed by atoms with van der Waals surface area (Å²) in [6.45, 7) is 3.79. The van der Waals surface area contributed by atoms with E-state index in [1.165, 1.54) is 11.8 Å². The summed E-state index contributed by atoms with van der Waals surface area (Å²) in [7, 11) is 0. The van der Waals surface area contributed by atoms with Gasteiger partial charge in [-0.15, -0.1) is 10.2 Å². The molecule has 0 fully saturated rings. The summed E-state index contributed by atoms with van der Waals surface area (Å²) >= 11 is 1.28. The summed E-state index contributed by atoms with van der Waals surface area (Å²) in [6.07, 6.45) is 0. The molecule has 4 rings (SSSR count). The number of para-hydroxylation sites is 2. The van der Waals surface area contributed by atoms with Crippen LogP contribution in [0.5, 0.6) is 0 Å². The molecular formula is C19H17N5OS. The number of thioether (sulfide) groups is 1. The molecule has 0 spiro atoms. The lowest BCUT2D eigenvalue weighted by atomic mass is 10.2. The highest BCUT2D eigenvalue weighted by atomic mass is 32.2. The first-order valence-corrected chi connectivity index (χ1v) is 9.14. The van der Waals surface area contributed by atoms with Crippen molar-refractivity contribution >= 4 is 45.4 Å². The lowest BCUT2D eigenvalue weighted by Crippen LogP contribution is -2.23. The summed E-state index contributed by atoms with van der Waals surface area (Å²) in [5, 5.41) is 12.5. The molecule has 6 nitrogen and oxygen atoms in total. The van der Waals surface area contributed by atoms with Crippen LogP contribution in [0.1, 0.15) is 12.5 Å². The van der Waals surface area contributed by atoms with Crippen LogP contribution in [-0.4, -0.2) is 31.3 Å². The normalized spacial score (nSPS) is 12.4. The van der Waals surface area contributed by atoms with Crippen molar-refractivity contribution in [2.24, 2.45) is 0 Å². The molecule has 1 atom stereocenters. The van der Waals surface area contributed by atoms with Gasteiger partial charge in [-0.1, -0.05) is 48.2 Å². The second-order valence-corrected chi connectivity index (χ2v) is 7.33. The minimum absolute atomic E-state index is 0.0929. The van der Waals surface area contributed by atoms with E-state index in [9.17, 15) is 4.79 Å². The molecular weight excluding hydrogens is 346 g/mol. The van der Waals surface area contributed by atoms with Crippen molar-refractivity contribution in [2.45, 2.75) is 24.3 Å². The highest BCUT2D eigenvalue weighted by Gasteiger charge is 2.18. The summed E-state index contributed by atoms with van der Waals surface area (Å²) in [5.74, 6) is -0.0929. The molecule has 2 aromatic heterocycles. The number of aromatic amines is 1. The molecule has 2 heterocycles. The number of anilines is 1. The fraction of sp³-hybridized carbons (Fsp3) is 0.158. The number of H-pyrrole nitrogens is 1. The zero-order chi connectivity index (χ0) is 18.1.